The SMILES string of the molecule is COc1ccc(N2C(=N)S/C(=C\c3ccc(-c4ccncc4)o3)C2=O)cc1. The second kappa shape index (κ2) is 7.13. The van der Waals surface area contributed by atoms with Gasteiger partial charge in [0, 0.05) is 24.0 Å². The second-order valence-electron chi connectivity index (χ2n) is 5.69. The topological polar surface area (TPSA) is 79.4 Å². The van der Waals surface area contributed by atoms with Gasteiger partial charge in [-0.3, -0.25) is 20.1 Å². The highest BCUT2D eigenvalue weighted by Gasteiger charge is 2.33. The number of nitrogens with one attached hydrogen (secondary N) is 1. The molecule has 1 saturated heterocycles. The zero-order valence-electron chi connectivity index (χ0n) is 14.4. The number of furan rings is 1. The molecule has 134 valence electrons. The number of anilines is 1. The largest absolute Gasteiger partial charge is 0.497 e. The van der Waals surface area contributed by atoms with Crippen LogP contribution in [0.2, 0.25) is 0 Å². The third-order valence-electron chi connectivity index (χ3n) is 4.02. The van der Waals surface area contributed by atoms with Crippen LogP contribution in [0.4, 0.5) is 5.69 Å². The highest BCUT2D eigenvalue weighted by Crippen LogP contribution is 2.36. The maximum Gasteiger partial charge on any atom is 0.271 e. The van der Waals surface area contributed by atoms with Crippen LogP contribution in [-0.4, -0.2) is 23.2 Å². The zero-order valence-corrected chi connectivity index (χ0v) is 15.2. The van der Waals surface area contributed by atoms with E-state index in [1.54, 1.807) is 55.9 Å². The highest BCUT2D eigenvalue weighted by molar-refractivity contribution is 8.19. The minimum atomic E-state index is -0.253. The van der Waals surface area contributed by atoms with Gasteiger partial charge in [-0.05, 0) is 60.3 Å². The number of rotatable bonds is 4. The third-order valence-corrected chi connectivity index (χ3v) is 4.91. The standard InChI is InChI=1S/C20H15N3O3S/c1-25-15-4-2-14(3-5-15)23-19(24)18(27-20(23)21)12-16-6-7-17(26-16)13-8-10-22-11-9-13/h2-12,21H,1H3/b18-12-,21-20?. The predicted octanol–water partition coefficient (Wildman–Crippen LogP) is 4.41. The fraction of sp³-hybridized carbons (Fsp3) is 0.0500. The van der Waals surface area contributed by atoms with E-state index in [1.165, 1.54) is 4.90 Å². The summed E-state index contributed by atoms with van der Waals surface area (Å²) in [5, 5.41) is 8.32. The number of nitrogens with zero attached hydrogens (tertiary/aromatic N) is 2. The number of benzene rings is 1. The molecule has 0 saturated carbocycles. The summed E-state index contributed by atoms with van der Waals surface area (Å²) in [6, 6.07) is 14.4. The van der Waals surface area contributed by atoms with Gasteiger partial charge in [0.05, 0.1) is 17.7 Å². The third kappa shape index (κ3) is 3.37. The Balaban J connectivity index is 1.59. The van der Waals surface area contributed by atoms with Crippen molar-refractivity contribution < 1.29 is 13.9 Å². The summed E-state index contributed by atoms with van der Waals surface area (Å²) in [4.78, 5) is 18.6. The summed E-state index contributed by atoms with van der Waals surface area (Å²) in [6.45, 7) is 0. The normalized spacial score (nSPS) is 15.6. The maximum atomic E-state index is 12.8. The van der Waals surface area contributed by atoms with Crippen molar-refractivity contribution in [3.63, 3.8) is 0 Å². The van der Waals surface area contributed by atoms with Crippen molar-refractivity contribution in [2.75, 3.05) is 12.0 Å². The van der Waals surface area contributed by atoms with E-state index in [9.17, 15) is 4.79 Å². The molecule has 4 rings (SSSR count). The summed E-state index contributed by atoms with van der Waals surface area (Å²) in [5.74, 6) is 1.69. The Morgan fingerprint density at radius 3 is 2.56 bits per heavy atom. The Kier molecular flexibility index (Phi) is 4.52. The molecule has 7 heteroatoms. The number of pyridine rings is 1. The first kappa shape index (κ1) is 17.1. The summed E-state index contributed by atoms with van der Waals surface area (Å²) in [5.41, 5.74) is 1.53. The first-order valence-electron chi connectivity index (χ1n) is 8.12. The fourth-order valence-electron chi connectivity index (χ4n) is 2.68. The molecule has 27 heavy (non-hydrogen) atoms. The van der Waals surface area contributed by atoms with Crippen molar-refractivity contribution in [2.24, 2.45) is 0 Å². The van der Waals surface area contributed by atoms with Gasteiger partial charge in [-0.1, -0.05) is 0 Å². The second-order valence-corrected chi connectivity index (χ2v) is 6.72. The molecular weight excluding hydrogens is 362 g/mol. The Bertz CT molecular complexity index is 1030. The summed E-state index contributed by atoms with van der Waals surface area (Å²) in [7, 11) is 1.58. The molecule has 0 unspecified atom stereocenters. The van der Waals surface area contributed by atoms with Gasteiger partial charge in [0.1, 0.15) is 17.3 Å². The first-order valence-corrected chi connectivity index (χ1v) is 8.94. The molecule has 1 aliphatic heterocycles. The van der Waals surface area contributed by atoms with E-state index >= 15 is 0 Å². The van der Waals surface area contributed by atoms with Crippen LogP contribution in [0.15, 0.2) is 70.2 Å². The first-order chi connectivity index (χ1) is 13.2. The summed E-state index contributed by atoms with van der Waals surface area (Å²) in [6.07, 6.45) is 5.05. The van der Waals surface area contributed by atoms with Crippen LogP contribution in [0.25, 0.3) is 17.4 Å². The predicted molar refractivity (Wildman–Crippen MR) is 106 cm³/mol. The average Bonchev–Trinajstić information content (AvgIpc) is 3.27. The van der Waals surface area contributed by atoms with E-state index in [0.717, 1.165) is 17.3 Å². The van der Waals surface area contributed by atoms with Crippen LogP contribution in [0.3, 0.4) is 0 Å². The van der Waals surface area contributed by atoms with Gasteiger partial charge in [-0.2, -0.15) is 0 Å². The Morgan fingerprint density at radius 1 is 1.11 bits per heavy atom. The molecule has 1 aliphatic rings. The van der Waals surface area contributed by atoms with E-state index < -0.39 is 0 Å². The lowest BCUT2D eigenvalue weighted by Crippen LogP contribution is -2.27. The lowest BCUT2D eigenvalue weighted by Gasteiger charge is -2.14. The van der Waals surface area contributed by atoms with Gasteiger partial charge in [-0.25, -0.2) is 0 Å². The number of methoxy groups -OCH3 is 1. The van der Waals surface area contributed by atoms with Gasteiger partial charge >= 0.3 is 0 Å². The van der Waals surface area contributed by atoms with Gasteiger partial charge in [0.2, 0.25) is 0 Å². The number of ether oxygens (including phenoxy) is 1. The van der Waals surface area contributed by atoms with Gasteiger partial charge < -0.3 is 9.15 Å². The van der Waals surface area contributed by atoms with Crippen molar-refractivity contribution in [1.29, 1.82) is 5.41 Å². The molecule has 0 bridgehead atoms. The van der Waals surface area contributed by atoms with Crippen LogP contribution in [0, 0.1) is 5.41 Å². The van der Waals surface area contributed by atoms with Crippen molar-refractivity contribution in [3.8, 4) is 17.1 Å². The van der Waals surface area contributed by atoms with Crippen molar-refractivity contribution in [1.82, 2.24) is 4.98 Å². The monoisotopic (exact) mass is 377 g/mol. The quantitative estimate of drug-likeness (QED) is 0.682. The number of aromatic nitrogens is 1. The minimum absolute atomic E-state index is 0.150. The number of thioether (sulfide) groups is 1. The summed E-state index contributed by atoms with van der Waals surface area (Å²) >= 11 is 1.11. The zero-order chi connectivity index (χ0) is 18.8. The molecule has 6 nitrogen and oxygen atoms in total. The van der Waals surface area contributed by atoms with Gasteiger partial charge in [-0.15, -0.1) is 0 Å². The van der Waals surface area contributed by atoms with E-state index in [-0.39, 0.29) is 11.1 Å². The Labute approximate surface area is 160 Å². The molecular formula is C20H15N3O3S. The number of carbonyl (C=O) groups excluding carboxylic acids is 1. The minimum Gasteiger partial charge on any atom is -0.497 e. The summed E-state index contributed by atoms with van der Waals surface area (Å²) < 4.78 is 10.9. The number of amides is 1. The smallest absolute Gasteiger partial charge is 0.271 e. The molecule has 0 spiro atoms. The molecule has 1 fully saturated rings. The van der Waals surface area contributed by atoms with Crippen LogP contribution in [0.5, 0.6) is 5.75 Å². The van der Waals surface area contributed by atoms with E-state index in [1.807, 2.05) is 18.2 Å². The average molecular weight is 377 g/mol. The van der Waals surface area contributed by atoms with Crippen LogP contribution >= 0.6 is 11.8 Å². The molecule has 0 atom stereocenters. The molecule has 3 aromatic rings. The van der Waals surface area contributed by atoms with Gasteiger partial charge in [0.25, 0.3) is 5.91 Å². The van der Waals surface area contributed by atoms with Crippen LogP contribution in [-0.2, 0) is 4.79 Å². The maximum absolute atomic E-state index is 12.8. The fourth-order valence-corrected chi connectivity index (χ4v) is 3.53. The highest BCUT2D eigenvalue weighted by atomic mass is 32.2. The number of carbonyl (C=O) groups is 1. The van der Waals surface area contributed by atoms with Crippen molar-refractivity contribution in [2.45, 2.75) is 0 Å². The Morgan fingerprint density at radius 2 is 1.85 bits per heavy atom. The van der Waals surface area contributed by atoms with Crippen LogP contribution in [0.1, 0.15) is 5.76 Å². The Hall–Kier alpha value is -3.32. The molecule has 2 aromatic heterocycles. The van der Waals surface area contributed by atoms with Crippen molar-refractivity contribution in [3.05, 3.63) is 71.6 Å². The molecule has 1 aromatic carbocycles. The number of amidine groups is 1. The van der Waals surface area contributed by atoms with Crippen LogP contribution < -0.4 is 9.64 Å². The number of hydrogen-bond acceptors (Lipinski definition) is 6. The van der Waals surface area contributed by atoms with Gasteiger partial charge in [0.15, 0.2) is 5.17 Å². The molecule has 0 radical (unpaired) electrons. The molecule has 1 N–H and O–H groups in total. The van der Waals surface area contributed by atoms with E-state index in [4.69, 9.17) is 14.6 Å². The van der Waals surface area contributed by atoms with Crippen molar-refractivity contribution >= 4 is 34.6 Å². The molecule has 1 amide bonds. The molecule has 3 heterocycles. The van der Waals surface area contributed by atoms with E-state index in [2.05, 4.69) is 4.98 Å². The lowest BCUT2D eigenvalue weighted by molar-refractivity contribution is -0.113. The van der Waals surface area contributed by atoms with E-state index in [0.29, 0.717) is 27.9 Å². The molecule has 0 aliphatic carbocycles. The number of hydrogen-bond donors (Lipinski definition) is 1. The lowest BCUT2D eigenvalue weighted by atomic mass is 10.2.